The summed E-state index contributed by atoms with van der Waals surface area (Å²) >= 11 is 3.43. The molecular weight excluding hydrogens is 302 g/mol. The van der Waals surface area contributed by atoms with E-state index in [0.29, 0.717) is 11.7 Å². The van der Waals surface area contributed by atoms with Gasteiger partial charge in [-0.3, -0.25) is 0 Å². The zero-order chi connectivity index (χ0) is 12.3. The number of rotatable bonds is 4. The third-order valence-electron chi connectivity index (χ3n) is 4.03. The van der Waals surface area contributed by atoms with Crippen molar-refractivity contribution < 1.29 is 8.42 Å². The monoisotopic (exact) mass is 323 g/mol. The average molecular weight is 324 g/mol. The molecule has 1 aliphatic heterocycles. The van der Waals surface area contributed by atoms with Crippen molar-refractivity contribution in [3.05, 3.63) is 0 Å². The van der Waals surface area contributed by atoms with Gasteiger partial charge in [-0.1, -0.05) is 35.2 Å². The predicted octanol–water partition coefficient (Wildman–Crippen LogP) is 2.76. The molecule has 2 fully saturated rings. The lowest BCUT2D eigenvalue weighted by molar-refractivity contribution is 0.365. The lowest BCUT2D eigenvalue weighted by Crippen LogP contribution is -2.39. The molecule has 1 atom stereocenters. The normalized spacial score (nSPS) is 28.6. The van der Waals surface area contributed by atoms with E-state index in [1.807, 2.05) is 0 Å². The molecule has 0 aromatic heterocycles. The van der Waals surface area contributed by atoms with Crippen molar-refractivity contribution in [3.63, 3.8) is 0 Å². The van der Waals surface area contributed by atoms with Crippen molar-refractivity contribution in [2.75, 3.05) is 17.6 Å². The van der Waals surface area contributed by atoms with Crippen molar-refractivity contribution in [2.45, 2.75) is 51.0 Å². The fourth-order valence-corrected chi connectivity index (χ4v) is 6.10. The maximum Gasteiger partial charge on any atom is 0.214 e. The van der Waals surface area contributed by atoms with Crippen LogP contribution in [0.25, 0.3) is 0 Å². The quantitative estimate of drug-likeness (QED) is 0.746. The number of nitrogens with zero attached hydrogens (tertiary/aromatic N) is 1. The van der Waals surface area contributed by atoms with Crippen LogP contribution in [-0.2, 0) is 10.0 Å². The highest BCUT2D eigenvalue weighted by molar-refractivity contribution is 9.09. The summed E-state index contributed by atoms with van der Waals surface area (Å²) < 4.78 is 26.5. The summed E-state index contributed by atoms with van der Waals surface area (Å²) in [4.78, 5) is 0. The number of halogens is 1. The number of hydrogen-bond acceptors (Lipinski definition) is 2. The van der Waals surface area contributed by atoms with E-state index >= 15 is 0 Å². The Morgan fingerprint density at radius 1 is 1.06 bits per heavy atom. The third-order valence-corrected chi connectivity index (χ3v) is 6.86. The van der Waals surface area contributed by atoms with Gasteiger partial charge in [0.25, 0.3) is 0 Å². The predicted molar refractivity (Wildman–Crippen MR) is 73.9 cm³/mol. The third kappa shape index (κ3) is 3.44. The Kier molecular flexibility index (Phi) is 4.89. The molecule has 1 unspecified atom stereocenters. The summed E-state index contributed by atoms with van der Waals surface area (Å²) in [5.41, 5.74) is 0. The summed E-state index contributed by atoms with van der Waals surface area (Å²) in [6.45, 7) is 0.728. The number of sulfonamides is 1. The van der Waals surface area contributed by atoms with E-state index in [0.717, 1.165) is 37.6 Å². The Hall–Kier alpha value is 0.390. The van der Waals surface area contributed by atoms with E-state index in [-0.39, 0.29) is 6.04 Å². The molecule has 0 aromatic rings. The molecule has 0 radical (unpaired) electrons. The van der Waals surface area contributed by atoms with E-state index in [1.54, 1.807) is 4.31 Å². The zero-order valence-electron chi connectivity index (χ0n) is 10.3. The van der Waals surface area contributed by atoms with Crippen LogP contribution < -0.4 is 0 Å². The molecule has 1 saturated heterocycles. The first kappa shape index (κ1) is 13.8. The second kappa shape index (κ2) is 6.02. The van der Waals surface area contributed by atoms with Gasteiger partial charge in [-0.05, 0) is 31.6 Å². The fraction of sp³-hybridized carbons (Fsp3) is 1.00. The molecule has 0 bridgehead atoms. The molecule has 0 N–H and O–H groups in total. The highest BCUT2D eigenvalue weighted by Crippen LogP contribution is 2.29. The smallest absolute Gasteiger partial charge is 0.212 e. The van der Waals surface area contributed by atoms with Gasteiger partial charge in [0.15, 0.2) is 0 Å². The molecule has 3 nitrogen and oxygen atoms in total. The lowest BCUT2D eigenvalue weighted by Gasteiger charge is -2.27. The summed E-state index contributed by atoms with van der Waals surface area (Å²) in [5.74, 6) is 0.793. The molecule has 0 amide bonds. The highest BCUT2D eigenvalue weighted by Gasteiger charge is 2.34. The van der Waals surface area contributed by atoms with E-state index in [4.69, 9.17) is 0 Å². The largest absolute Gasteiger partial charge is 0.214 e. The van der Waals surface area contributed by atoms with E-state index in [9.17, 15) is 8.42 Å². The van der Waals surface area contributed by atoms with Gasteiger partial charge >= 0.3 is 0 Å². The first-order valence-corrected chi connectivity index (χ1v) is 9.42. The van der Waals surface area contributed by atoms with E-state index in [2.05, 4.69) is 15.9 Å². The zero-order valence-corrected chi connectivity index (χ0v) is 12.7. The molecular formula is C12H22BrNO2S. The second-order valence-corrected chi connectivity index (χ2v) is 7.96. The fourth-order valence-electron chi connectivity index (χ4n) is 3.08. The summed E-state index contributed by atoms with van der Waals surface area (Å²) in [7, 11) is -3.02. The molecule has 5 heteroatoms. The highest BCUT2D eigenvalue weighted by atomic mass is 79.9. The van der Waals surface area contributed by atoms with Crippen molar-refractivity contribution in [1.29, 1.82) is 0 Å². The molecule has 17 heavy (non-hydrogen) atoms. The number of hydrogen-bond donors (Lipinski definition) is 0. The van der Waals surface area contributed by atoms with Gasteiger partial charge in [-0.2, -0.15) is 4.31 Å². The van der Waals surface area contributed by atoms with Crippen LogP contribution in [0, 0.1) is 5.92 Å². The van der Waals surface area contributed by atoms with Crippen LogP contribution in [0.15, 0.2) is 0 Å². The van der Waals surface area contributed by atoms with Crippen LogP contribution in [0.1, 0.15) is 44.9 Å². The van der Waals surface area contributed by atoms with Gasteiger partial charge in [-0.15, -0.1) is 0 Å². The molecule has 100 valence electrons. The summed E-state index contributed by atoms with van der Waals surface area (Å²) in [5, 5.41) is 0.775. The van der Waals surface area contributed by atoms with Crippen LogP contribution in [0.5, 0.6) is 0 Å². The van der Waals surface area contributed by atoms with Crippen molar-refractivity contribution in [1.82, 2.24) is 4.31 Å². The SMILES string of the molecule is O=S(=O)(CC1CCCCC1)N1CCCC1CBr. The summed E-state index contributed by atoms with van der Waals surface area (Å²) in [6.07, 6.45) is 7.93. The first-order valence-electron chi connectivity index (χ1n) is 6.69. The maximum atomic E-state index is 12.4. The maximum absolute atomic E-state index is 12.4. The Morgan fingerprint density at radius 2 is 1.76 bits per heavy atom. The van der Waals surface area contributed by atoms with Crippen molar-refractivity contribution in [3.8, 4) is 0 Å². The van der Waals surface area contributed by atoms with Gasteiger partial charge in [0.05, 0.1) is 5.75 Å². The van der Waals surface area contributed by atoms with Crippen LogP contribution in [0.4, 0.5) is 0 Å². The topological polar surface area (TPSA) is 37.4 Å². The second-order valence-electron chi connectivity index (χ2n) is 5.34. The molecule has 1 aliphatic carbocycles. The first-order chi connectivity index (χ1) is 8.13. The average Bonchev–Trinajstić information content (AvgIpc) is 2.78. The lowest BCUT2D eigenvalue weighted by atomic mass is 9.91. The van der Waals surface area contributed by atoms with Gasteiger partial charge in [0.2, 0.25) is 10.0 Å². The van der Waals surface area contributed by atoms with Gasteiger partial charge in [-0.25, -0.2) is 8.42 Å². The van der Waals surface area contributed by atoms with E-state index in [1.165, 1.54) is 19.3 Å². The molecule has 1 heterocycles. The molecule has 0 spiro atoms. The Bertz CT molecular complexity index is 338. The van der Waals surface area contributed by atoms with Crippen LogP contribution in [-0.4, -0.2) is 36.4 Å². The molecule has 1 saturated carbocycles. The van der Waals surface area contributed by atoms with Crippen molar-refractivity contribution in [2.24, 2.45) is 5.92 Å². The summed E-state index contributed by atoms with van der Waals surface area (Å²) in [6, 6.07) is 0.198. The minimum Gasteiger partial charge on any atom is -0.212 e. The van der Waals surface area contributed by atoms with Gasteiger partial charge in [0, 0.05) is 17.9 Å². The number of alkyl halides is 1. The minimum absolute atomic E-state index is 0.198. The van der Waals surface area contributed by atoms with Crippen LogP contribution in [0.2, 0.25) is 0 Å². The minimum atomic E-state index is -3.02. The van der Waals surface area contributed by atoms with Gasteiger partial charge < -0.3 is 0 Å². The Balaban J connectivity index is 1.97. The molecule has 2 aliphatic rings. The molecule has 0 aromatic carbocycles. The molecule has 2 rings (SSSR count). The van der Waals surface area contributed by atoms with E-state index < -0.39 is 10.0 Å². The van der Waals surface area contributed by atoms with Crippen LogP contribution >= 0.6 is 15.9 Å². The van der Waals surface area contributed by atoms with Crippen LogP contribution in [0.3, 0.4) is 0 Å². The standard InChI is InChI=1S/C12H22BrNO2S/c13-9-12-7-4-8-14(12)17(15,16)10-11-5-2-1-3-6-11/h11-12H,1-10H2. The Labute approximate surface area is 113 Å². The van der Waals surface area contributed by atoms with Gasteiger partial charge in [0.1, 0.15) is 0 Å². The van der Waals surface area contributed by atoms with Crippen molar-refractivity contribution >= 4 is 26.0 Å². The Morgan fingerprint density at radius 3 is 2.41 bits per heavy atom.